The summed E-state index contributed by atoms with van der Waals surface area (Å²) < 4.78 is 7.77. The Kier molecular flexibility index (Phi) is 6.35. The van der Waals surface area contributed by atoms with E-state index in [0.717, 1.165) is 19.6 Å². The van der Waals surface area contributed by atoms with Gasteiger partial charge in [0.1, 0.15) is 0 Å². The summed E-state index contributed by atoms with van der Waals surface area (Å²) in [4.78, 5) is 0. The first kappa shape index (κ1) is 21.9. The Morgan fingerprint density at radius 2 is 1.33 bits per heavy atom. The SMILES string of the molecule is CCN(CC)P1N(Cc2cccc3ccccc23)C=CN1C(C)c1cccc2ccccc12. The third-order valence-corrected chi connectivity index (χ3v) is 9.39. The number of benzene rings is 4. The van der Waals surface area contributed by atoms with Crippen LogP contribution in [-0.2, 0) is 6.54 Å². The molecule has 3 nitrogen and oxygen atoms in total. The van der Waals surface area contributed by atoms with Crippen LogP contribution in [0.1, 0.15) is 37.9 Å². The van der Waals surface area contributed by atoms with E-state index in [1.807, 2.05) is 0 Å². The fourth-order valence-corrected chi connectivity index (χ4v) is 7.40. The minimum Gasteiger partial charge on any atom is -0.322 e. The number of nitrogens with zero attached hydrogens (tertiary/aromatic N) is 3. The second kappa shape index (κ2) is 9.55. The fraction of sp³-hybridized carbons (Fsp3) is 0.241. The molecule has 1 aliphatic rings. The third kappa shape index (κ3) is 4.12. The van der Waals surface area contributed by atoms with Gasteiger partial charge in [-0.05, 0) is 39.6 Å². The van der Waals surface area contributed by atoms with Gasteiger partial charge in [-0.2, -0.15) is 0 Å². The highest BCUT2D eigenvalue weighted by Gasteiger charge is 2.35. The minimum atomic E-state index is -0.644. The summed E-state index contributed by atoms with van der Waals surface area (Å²) in [5.41, 5.74) is 2.78. The normalized spacial score (nSPS) is 16.9. The molecule has 0 saturated heterocycles. The van der Waals surface area contributed by atoms with Gasteiger partial charge >= 0.3 is 0 Å². The van der Waals surface area contributed by atoms with Crippen LogP contribution in [0.3, 0.4) is 0 Å². The summed E-state index contributed by atoms with van der Waals surface area (Å²) in [6.45, 7) is 9.90. The number of rotatable bonds is 7. The average Bonchev–Trinajstić information content (AvgIpc) is 3.27. The van der Waals surface area contributed by atoms with Crippen LogP contribution in [-0.4, -0.2) is 27.1 Å². The topological polar surface area (TPSA) is 9.72 Å². The lowest BCUT2D eigenvalue weighted by Crippen LogP contribution is -2.31. The molecule has 0 N–H and O–H groups in total. The van der Waals surface area contributed by atoms with Crippen molar-refractivity contribution in [2.75, 3.05) is 13.1 Å². The van der Waals surface area contributed by atoms with Crippen LogP contribution in [0.4, 0.5) is 0 Å². The van der Waals surface area contributed by atoms with E-state index in [0.29, 0.717) is 0 Å². The molecule has 0 saturated carbocycles. The van der Waals surface area contributed by atoms with Gasteiger partial charge in [-0.3, -0.25) is 0 Å². The van der Waals surface area contributed by atoms with Crippen molar-refractivity contribution < 1.29 is 0 Å². The monoisotopic (exact) mass is 453 g/mol. The Labute approximate surface area is 198 Å². The zero-order valence-electron chi connectivity index (χ0n) is 19.7. The van der Waals surface area contributed by atoms with Crippen molar-refractivity contribution in [3.8, 4) is 0 Å². The molecule has 0 amide bonds. The number of fused-ring (bicyclic) bond motifs is 2. The standard InChI is InChI=1S/C29H32N3P/c1-4-30(5-2)33-31(22-26-16-10-14-24-12-6-8-17-28(24)26)20-21-32(33)23(3)27-19-11-15-25-13-7-9-18-29(25)27/h6-21,23H,4-5,22H2,1-3H3. The van der Waals surface area contributed by atoms with Gasteiger partial charge < -0.3 is 9.34 Å². The van der Waals surface area contributed by atoms with Crippen LogP contribution in [0, 0.1) is 0 Å². The molecule has 1 heterocycles. The first-order valence-electron chi connectivity index (χ1n) is 11.9. The van der Waals surface area contributed by atoms with Crippen LogP contribution in [0.25, 0.3) is 21.5 Å². The van der Waals surface area contributed by atoms with Gasteiger partial charge in [0.05, 0.1) is 6.04 Å². The second-order valence-electron chi connectivity index (χ2n) is 8.57. The van der Waals surface area contributed by atoms with E-state index in [1.165, 1.54) is 32.7 Å². The Balaban J connectivity index is 1.50. The summed E-state index contributed by atoms with van der Waals surface area (Å²) >= 11 is 0. The lowest BCUT2D eigenvalue weighted by molar-refractivity contribution is 0.393. The predicted molar refractivity (Wildman–Crippen MR) is 143 cm³/mol. The van der Waals surface area contributed by atoms with E-state index in [1.54, 1.807) is 0 Å². The molecular formula is C29H32N3P. The molecular weight excluding hydrogens is 421 g/mol. The predicted octanol–water partition coefficient (Wildman–Crippen LogP) is 7.91. The van der Waals surface area contributed by atoms with E-state index >= 15 is 0 Å². The van der Waals surface area contributed by atoms with Crippen LogP contribution < -0.4 is 0 Å². The van der Waals surface area contributed by atoms with Crippen LogP contribution in [0.2, 0.25) is 0 Å². The molecule has 5 rings (SSSR count). The van der Waals surface area contributed by atoms with Crippen LogP contribution in [0.5, 0.6) is 0 Å². The van der Waals surface area contributed by atoms with E-state index in [4.69, 9.17) is 0 Å². The van der Waals surface area contributed by atoms with Crippen molar-refractivity contribution >= 4 is 29.9 Å². The van der Waals surface area contributed by atoms with E-state index in [9.17, 15) is 0 Å². The van der Waals surface area contributed by atoms with Gasteiger partial charge in [0.25, 0.3) is 0 Å². The van der Waals surface area contributed by atoms with Crippen LogP contribution >= 0.6 is 8.37 Å². The molecule has 0 fully saturated rings. The quantitative estimate of drug-likeness (QED) is 0.263. The zero-order chi connectivity index (χ0) is 22.8. The Morgan fingerprint density at radius 1 is 0.727 bits per heavy atom. The number of hydrogen-bond acceptors (Lipinski definition) is 3. The summed E-state index contributed by atoms with van der Waals surface area (Å²) in [5.74, 6) is 0. The van der Waals surface area contributed by atoms with Crippen molar-refractivity contribution in [1.29, 1.82) is 0 Å². The molecule has 4 aromatic carbocycles. The van der Waals surface area contributed by atoms with Gasteiger partial charge in [0.2, 0.25) is 0 Å². The molecule has 0 bridgehead atoms. The highest BCUT2D eigenvalue weighted by atomic mass is 31.2. The maximum atomic E-state index is 2.61. The average molecular weight is 454 g/mol. The van der Waals surface area contributed by atoms with Crippen molar-refractivity contribution in [3.63, 3.8) is 0 Å². The Hall–Kier alpha value is -2.87. The van der Waals surface area contributed by atoms with E-state index in [2.05, 4.69) is 132 Å². The first-order chi connectivity index (χ1) is 16.2. The largest absolute Gasteiger partial charge is 0.322 e. The fourth-order valence-electron chi connectivity index (χ4n) is 4.94. The molecule has 2 unspecified atom stereocenters. The van der Waals surface area contributed by atoms with E-state index < -0.39 is 8.37 Å². The third-order valence-electron chi connectivity index (χ3n) is 6.69. The molecule has 4 heteroatoms. The van der Waals surface area contributed by atoms with Crippen molar-refractivity contribution in [2.24, 2.45) is 0 Å². The maximum Gasteiger partial charge on any atom is 0.178 e. The molecule has 168 valence electrons. The zero-order valence-corrected chi connectivity index (χ0v) is 20.6. The molecule has 0 aliphatic carbocycles. The van der Waals surface area contributed by atoms with Gasteiger partial charge in [-0.1, -0.05) is 98.8 Å². The summed E-state index contributed by atoms with van der Waals surface area (Å²) in [5, 5.41) is 5.32. The molecule has 4 aromatic rings. The molecule has 2 atom stereocenters. The highest BCUT2D eigenvalue weighted by molar-refractivity contribution is 7.50. The minimum absolute atomic E-state index is 0.288. The molecule has 0 spiro atoms. The lowest BCUT2D eigenvalue weighted by atomic mass is 10.00. The Morgan fingerprint density at radius 3 is 2.06 bits per heavy atom. The maximum absolute atomic E-state index is 2.61. The van der Waals surface area contributed by atoms with Gasteiger partial charge in [-0.15, -0.1) is 0 Å². The molecule has 33 heavy (non-hydrogen) atoms. The van der Waals surface area contributed by atoms with Crippen molar-refractivity contribution in [3.05, 3.63) is 108 Å². The lowest BCUT2D eigenvalue weighted by Gasteiger charge is -2.41. The highest BCUT2D eigenvalue weighted by Crippen LogP contribution is 2.57. The molecule has 1 aliphatic heterocycles. The van der Waals surface area contributed by atoms with Gasteiger partial charge in [-0.25, -0.2) is 4.67 Å². The first-order valence-corrected chi connectivity index (χ1v) is 13.1. The van der Waals surface area contributed by atoms with Crippen molar-refractivity contribution in [2.45, 2.75) is 33.4 Å². The summed E-state index contributed by atoms with van der Waals surface area (Å²) in [7, 11) is -0.644. The van der Waals surface area contributed by atoms with E-state index in [-0.39, 0.29) is 6.04 Å². The smallest absolute Gasteiger partial charge is 0.178 e. The van der Waals surface area contributed by atoms with Crippen LogP contribution in [0.15, 0.2) is 97.3 Å². The molecule has 0 aromatic heterocycles. The molecule has 0 radical (unpaired) electrons. The Bertz CT molecular complexity index is 1270. The van der Waals surface area contributed by atoms with Gasteiger partial charge in [0.15, 0.2) is 8.37 Å². The van der Waals surface area contributed by atoms with Gasteiger partial charge in [0, 0.05) is 32.0 Å². The second-order valence-corrected chi connectivity index (χ2v) is 10.6. The van der Waals surface area contributed by atoms with Crippen molar-refractivity contribution in [1.82, 2.24) is 14.0 Å². The summed E-state index contributed by atoms with van der Waals surface area (Å²) in [6, 6.07) is 31.2. The summed E-state index contributed by atoms with van der Waals surface area (Å²) in [6.07, 6.45) is 4.63. The number of hydrogen-bond donors (Lipinski definition) is 0.